The van der Waals surface area contributed by atoms with E-state index < -0.39 is 64.5 Å². The molecule has 0 amide bonds. The predicted molar refractivity (Wildman–Crippen MR) is 131 cm³/mol. The molecule has 0 aromatic heterocycles. The van der Waals surface area contributed by atoms with E-state index in [0.29, 0.717) is 44.3 Å². The van der Waals surface area contributed by atoms with Crippen LogP contribution in [0.2, 0.25) is 0 Å². The zero-order valence-electron chi connectivity index (χ0n) is 22.3. The molecular formula is C28H35NO9. The van der Waals surface area contributed by atoms with Crippen LogP contribution >= 0.6 is 0 Å². The second-order valence-corrected chi connectivity index (χ2v) is 11.7. The van der Waals surface area contributed by atoms with Gasteiger partial charge in [-0.3, -0.25) is 19.2 Å². The van der Waals surface area contributed by atoms with Gasteiger partial charge in [0.2, 0.25) is 11.6 Å². The number of likely N-dealkylation sites (tertiary alicyclic amines) is 1. The number of hydrogen-bond donors (Lipinski definition) is 1. The molecule has 7 atom stereocenters. The van der Waals surface area contributed by atoms with E-state index in [9.17, 15) is 29.1 Å². The standard InChI is InChI=1S/C28H35NO9/c1-14(30)37-18-11-27(2)17(5-6-19(27)32)21-23(18)28(3)20(13-36-4)38-26(35)16(22(28)25(34)24(21)33)12-29-9-7-15(31)8-10-29/h12,17-20,22,32H,5-11,13H2,1-4H3/b16-12+/t17?,18-,19+,20-,22?,27+,28+/m1/s1. The van der Waals surface area contributed by atoms with Crippen molar-refractivity contribution in [1.29, 1.82) is 0 Å². The number of fused-ring (bicyclic) bond motifs is 4. The minimum absolute atomic E-state index is 0.0279. The van der Waals surface area contributed by atoms with E-state index in [4.69, 9.17) is 14.2 Å². The number of carbonyl (C=O) groups is 5. The average molecular weight is 530 g/mol. The molecule has 0 radical (unpaired) electrons. The number of methoxy groups -OCH3 is 1. The SMILES string of the molecule is COC[C@H]1OC(=O)/C(=C/N2CCC(=O)CC2)C2C(=O)C(=O)C3=C([C@H](OC(C)=O)C[C@@]4(C)C3CC[C@@H]4O)[C@]21C. The molecule has 38 heavy (non-hydrogen) atoms. The van der Waals surface area contributed by atoms with Crippen LogP contribution in [0.15, 0.2) is 22.9 Å². The van der Waals surface area contributed by atoms with Gasteiger partial charge in [-0.15, -0.1) is 0 Å². The lowest BCUT2D eigenvalue weighted by atomic mass is 9.50. The molecule has 3 fully saturated rings. The molecule has 5 aliphatic rings. The molecule has 0 aromatic rings. The maximum absolute atomic E-state index is 14.0. The Kier molecular flexibility index (Phi) is 6.62. The minimum Gasteiger partial charge on any atom is -0.458 e. The number of cyclic esters (lactones) is 1. The highest BCUT2D eigenvalue weighted by molar-refractivity contribution is 6.47. The van der Waals surface area contributed by atoms with Crippen molar-refractivity contribution in [1.82, 2.24) is 4.90 Å². The second kappa shape index (κ2) is 9.41. The van der Waals surface area contributed by atoms with Crippen LogP contribution in [0.25, 0.3) is 0 Å². The van der Waals surface area contributed by atoms with Crippen molar-refractivity contribution in [3.63, 3.8) is 0 Å². The number of carbonyl (C=O) groups excluding carboxylic acids is 5. The van der Waals surface area contributed by atoms with Crippen LogP contribution in [-0.2, 0) is 38.2 Å². The van der Waals surface area contributed by atoms with Crippen molar-refractivity contribution < 1.29 is 43.3 Å². The van der Waals surface area contributed by atoms with Gasteiger partial charge < -0.3 is 24.2 Å². The third kappa shape index (κ3) is 3.87. The zero-order valence-corrected chi connectivity index (χ0v) is 22.3. The Labute approximate surface area is 221 Å². The minimum atomic E-state index is -1.23. The molecule has 0 spiro atoms. The number of Topliss-reactive ketones (excluding diaryl/α,β-unsaturated/α-hetero) is 3. The van der Waals surface area contributed by atoms with Crippen LogP contribution in [0.1, 0.15) is 52.9 Å². The first-order valence-electron chi connectivity index (χ1n) is 13.3. The highest BCUT2D eigenvalue weighted by atomic mass is 16.6. The topological polar surface area (TPSA) is 137 Å². The number of ether oxygens (including phenoxy) is 3. The Balaban J connectivity index is 1.72. The predicted octanol–water partition coefficient (Wildman–Crippen LogP) is 1.29. The second-order valence-electron chi connectivity index (χ2n) is 11.7. The van der Waals surface area contributed by atoms with Crippen LogP contribution in [-0.4, -0.2) is 84.4 Å². The summed E-state index contributed by atoms with van der Waals surface area (Å²) in [7, 11) is 1.46. The van der Waals surface area contributed by atoms with Crippen LogP contribution < -0.4 is 0 Å². The lowest BCUT2D eigenvalue weighted by Gasteiger charge is -2.56. The first kappa shape index (κ1) is 26.7. The normalized spacial score (nSPS) is 40.1. The maximum Gasteiger partial charge on any atom is 0.336 e. The summed E-state index contributed by atoms with van der Waals surface area (Å²) in [6.07, 6.45) is 0.950. The third-order valence-corrected chi connectivity index (χ3v) is 9.55. The molecule has 2 unspecified atom stereocenters. The smallest absolute Gasteiger partial charge is 0.336 e. The number of nitrogens with zero attached hydrogens (tertiary/aromatic N) is 1. The van der Waals surface area contributed by atoms with E-state index in [1.807, 2.05) is 11.8 Å². The fraction of sp³-hybridized carbons (Fsp3) is 0.679. The van der Waals surface area contributed by atoms with Gasteiger partial charge in [-0.1, -0.05) is 13.8 Å². The number of aliphatic hydroxyl groups is 1. The summed E-state index contributed by atoms with van der Waals surface area (Å²) in [5.74, 6) is -4.10. The van der Waals surface area contributed by atoms with Gasteiger partial charge in [-0.2, -0.15) is 0 Å². The number of piperidine rings is 1. The summed E-state index contributed by atoms with van der Waals surface area (Å²) in [6, 6.07) is 0. The number of rotatable bonds is 4. The molecule has 0 aromatic carbocycles. The maximum atomic E-state index is 14.0. The third-order valence-electron chi connectivity index (χ3n) is 9.55. The first-order chi connectivity index (χ1) is 17.9. The Bertz CT molecular complexity index is 1160. The van der Waals surface area contributed by atoms with E-state index in [1.165, 1.54) is 14.0 Å². The Morgan fingerprint density at radius 2 is 1.84 bits per heavy atom. The van der Waals surface area contributed by atoms with Crippen molar-refractivity contribution in [2.75, 3.05) is 26.8 Å². The van der Waals surface area contributed by atoms with Crippen molar-refractivity contribution in [3.05, 3.63) is 22.9 Å². The van der Waals surface area contributed by atoms with E-state index in [1.54, 1.807) is 13.1 Å². The van der Waals surface area contributed by atoms with Gasteiger partial charge in [0, 0.05) is 62.6 Å². The lowest BCUT2D eigenvalue weighted by Crippen LogP contribution is -2.63. The fourth-order valence-corrected chi connectivity index (χ4v) is 7.59. The van der Waals surface area contributed by atoms with Crippen molar-refractivity contribution in [3.8, 4) is 0 Å². The molecule has 3 aliphatic carbocycles. The van der Waals surface area contributed by atoms with Gasteiger partial charge >= 0.3 is 11.9 Å². The molecule has 0 bridgehead atoms. The van der Waals surface area contributed by atoms with Crippen LogP contribution in [0.3, 0.4) is 0 Å². The highest BCUT2D eigenvalue weighted by Gasteiger charge is 2.67. The summed E-state index contributed by atoms with van der Waals surface area (Å²) in [5, 5.41) is 10.9. The molecular weight excluding hydrogens is 494 g/mol. The summed E-state index contributed by atoms with van der Waals surface area (Å²) < 4.78 is 17.1. The monoisotopic (exact) mass is 529 g/mol. The van der Waals surface area contributed by atoms with Gasteiger partial charge in [0.1, 0.15) is 18.0 Å². The van der Waals surface area contributed by atoms with Crippen molar-refractivity contribution in [2.45, 2.75) is 71.2 Å². The van der Waals surface area contributed by atoms with Gasteiger partial charge in [-0.25, -0.2) is 4.79 Å². The molecule has 1 N–H and O–H groups in total. The van der Waals surface area contributed by atoms with Gasteiger partial charge in [0.15, 0.2) is 0 Å². The molecule has 1 saturated carbocycles. The van der Waals surface area contributed by atoms with Crippen LogP contribution in [0.4, 0.5) is 0 Å². The Morgan fingerprint density at radius 3 is 2.47 bits per heavy atom. The Hall–Kier alpha value is -2.85. The molecule has 10 nitrogen and oxygen atoms in total. The van der Waals surface area contributed by atoms with Crippen LogP contribution in [0, 0.1) is 22.7 Å². The van der Waals surface area contributed by atoms with Crippen molar-refractivity contribution >= 4 is 29.3 Å². The van der Waals surface area contributed by atoms with E-state index >= 15 is 0 Å². The number of allylic oxidation sites excluding steroid dienone is 1. The summed E-state index contributed by atoms with van der Waals surface area (Å²) >= 11 is 0. The van der Waals surface area contributed by atoms with Gasteiger partial charge in [-0.05, 0) is 30.8 Å². The highest BCUT2D eigenvalue weighted by Crippen LogP contribution is 2.63. The molecule has 2 saturated heterocycles. The van der Waals surface area contributed by atoms with Crippen LogP contribution in [0.5, 0.6) is 0 Å². The first-order valence-corrected chi connectivity index (χ1v) is 13.3. The van der Waals surface area contributed by atoms with Gasteiger partial charge in [0.25, 0.3) is 0 Å². The summed E-state index contributed by atoms with van der Waals surface area (Å²) in [4.78, 5) is 67.1. The van der Waals surface area contributed by atoms with Crippen molar-refractivity contribution in [2.24, 2.45) is 22.7 Å². The zero-order chi connectivity index (χ0) is 27.6. The fourth-order valence-electron chi connectivity index (χ4n) is 7.59. The summed E-state index contributed by atoms with van der Waals surface area (Å²) in [6.45, 7) is 5.70. The largest absolute Gasteiger partial charge is 0.458 e. The number of hydrogen-bond acceptors (Lipinski definition) is 10. The quantitative estimate of drug-likeness (QED) is 0.322. The van der Waals surface area contributed by atoms with Gasteiger partial charge in [0.05, 0.1) is 24.2 Å². The molecule has 206 valence electrons. The summed E-state index contributed by atoms with van der Waals surface area (Å²) in [5.41, 5.74) is -1.14. The number of esters is 2. The van der Waals surface area contributed by atoms with E-state index in [2.05, 4.69) is 0 Å². The Morgan fingerprint density at radius 1 is 1.16 bits per heavy atom. The molecule has 5 rings (SSSR count). The number of aliphatic hydroxyl groups excluding tert-OH is 1. The number of ketones is 3. The lowest BCUT2D eigenvalue weighted by molar-refractivity contribution is -0.175. The molecule has 10 heteroatoms. The molecule has 2 heterocycles. The molecule has 2 aliphatic heterocycles. The van der Waals surface area contributed by atoms with E-state index in [0.717, 1.165) is 0 Å². The average Bonchev–Trinajstić information content (AvgIpc) is 3.15. The van der Waals surface area contributed by atoms with E-state index in [-0.39, 0.29) is 30.0 Å².